The second-order valence-electron chi connectivity index (χ2n) is 5.45. The normalized spacial score (nSPS) is 42.3. The molecule has 1 aliphatic carbocycles. The summed E-state index contributed by atoms with van der Waals surface area (Å²) >= 11 is 0. The van der Waals surface area contributed by atoms with Crippen molar-refractivity contribution in [3.05, 3.63) is 0 Å². The SMILES string of the molecule is CC1CC(C(=O)O)CN(C2CCC2C)C1. The van der Waals surface area contributed by atoms with Crippen molar-refractivity contribution in [3.63, 3.8) is 0 Å². The van der Waals surface area contributed by atoms with Crippen LogP contribution in [0.3, 0.4) is 0 Å². The molecule has 0 bridgehead atoms. The van der Waals surface area contributed by atoms with E-state index in [2.05, 4.69) is 18.7 Å². The van der Waals surface area contributed by atoms with Gasteiger partial charge in [0.25, 0.3) is 0 Å². The summed E-state index contributed by atoms with van der Waals surface area (Å²) in [6.45, 7) is 6.32. The summed E-state index contributed by atoms with van der Waals surface area (Å²) in [5, 5.41) is 9.09. The van der Waals surface area contributed by atoms with E-state index in [1.54, 1.807) is 0 Å². The third-order valence-corrected chi connectivity index (χ3v) is 4.08. The van der Waals surface area contributed by atoms with Crippen molar-refractivity contribution in [3.8, 4) is 0 Å². The first-order valence-corrected chi connectivity index (χ1v) is 6.04. The molecule has 2 fully saturated rings. The summed E-state index contributed by atoms with van der Waals surface area (Å²) in [6.07, 6.45) is 3.43. The van der Waals surface area contributed by atoms with Crippen LogP contribution in [0.4, 0.5) is 0 Å². The Kier molecular flexibility index (Phi) is 3.01. The number of likely N-dealkylation sites (tertiary alicyclic amines) is 1. The van der Waals surface area contributed by atoms with Gasteiger partial charge in [0.15, 0.2) is 0 Å². The first-order chi connectivity index (χ1) is 7.08. The summed E-state index contributed by atoms with van der Waals surface area (Å²) < 4.78 is 0. The van der Waals surface area contributed by atoms with E-state index in [0.717, 1.165) is 25.4 Å². The quantitative estimate of drug-likeness (QED) is 0.757. The van der Waals surface area contributed by atoms with Crippen LogP contribution < -0.4 is 0 Å². The number of hydrogen-bond donors (Lipinski definition) is 1. The number of hydrogen-bond acceptors (Lipinski definition) is 2. The molecule has 1 saturated carbocycles. The van der Waals surface area contributed by atoms with Crippen LogP contribution in [0.1, 0.15) is 33.1 Å². The highest BCUT2D eigenvalue weighted by atomic mass is 16.4. The van der Waals surface area contributed by atoms with Gasteiger partial charge in [0.1, 0.15) is 0 Å². The van der Waals surface area contributed by atoms with Crippen molar-refractivity contribution in [1.29, 1.82) is 0 Å². The fourth-order valence-electron chi connectivity index (χ4n) is 3.03. The van der Waals surface area contributed by atoms with E-state index >= 15 is 0 Å². The predicted octanol–water partition coefficient (Wildman–Crippen LogP) is 1.83. The fourth-order valence-corrected chi connectivity index (χ4v) is 3.03. The third-order valence-electron chi connectivity index (χ3n) is 4.08. The van der Waals surface area contributed by atoms with E-state index in [0.29, 0.717) is 12.0 Å². The topological polar surface area (TPSA) is 40.5 Å². The third kappa shape index (κ3) is 2.17. The van der Waals surface area contributed by atoms with Gasteiger partial charge >= 0.3 is 5.97 Å². The van der Waals surface area contributed by atoms with Crippen LogP contribution in [-0.4, -0.2) is 35.1 Å². The molecule has 1 aliphatic heterocycles. The maximum Gasteiger partial charge on any atom is 0.307 e. The maximum absolute atomic E-state index is 11.0. The smallest absolute Gasteiger partial charge is 0.307 e. The molecule has 0 amide bonds. The van der Waals surface area contributed by atoms with E-state index in [1.807, 2.05) is 0 Å². The van der Waals surface area contributed by atoms with Crippen molar-refractivity contribution in [2.24, 2.45) is 17.8 Å². The molecule has 1 heterocycles. The molecule has 2 aliphatic rings. The van der Waals surface area contributed by atoms with Crippen LogP contribution in [0.25, 0.3) is 0 Å². The van der Waals surface area contributed by atoms with E-state index in [-0.39, 0.29) is 5.92 Å². The fraction of sp³-hybridized carbons (Fsp3) is 0.917. The zero-order chi connectivity index (χ0) is 11.0. The first-order valence-electron chi connectivity index (χ1n) is 6.04. The van der Waals surface area contributed by atoms with E-state index < -0.39 is 5.97 Å². The number of carboxylic acids is 1. The lowest BCUT2D eigenvalue weighted by Gasteiger charge is -2.47. The minimum absolute atomic E-state index is 0.137. The van der Waals surface area contributed by atoms with Crippen LogP contribution in [0.15, 0.2) is 0 Å². The summed E-state index contributed by atoms with van der Waals surface area (Å²) in [5.74, 6) is 0.553. The van der Waals surface area contributed by atoms with Crippen LogP contribution in [0.2, 0.25) is 0 Å². The number of nitrogens with zero attached hydrogens (tertiary/aromatic N) is 1. The highest BCUT2D eigenvalue weighted by molar-refractivity contribution is 5.70. The number of carboxylic acid groups (broad SMARTS) is 1. The summed E-state index contributed by atoms with van der Waals surface area (Å²) in [5.41, 5.74) is 0. The van der Waals surface area contributed by atoms with Gasteiger partial charge < -0.3 is 5.11 Å². The van der Waals surface area contributed by atoms with Gasteiger partial charge in [-0.3, -0.25) is 9.69 Å². The Morgan fingerprint density at radius 2 is 2.00 bits per heavy atom. The Labute approximate surface area is 91.5 Å². The van der Waals surface area contributed by atoms with Gasteiger partial charge in [0.2, 0.25) is 0 Å². The van der Waals surface area contributed by atoms with E-state index in [1.165, 1.54) is 12.8 Å². The minimum Gasteiger partial charge on any atom is -0.481 e. The predicted molar refractivity (Wildman–Crippen MR) is 58.7 cm³/mol. The molecule has 0 aromatic rings. The standard InChI is InChI=1S/C12H21NO2/c1-8-5-10(12(14)15)7-13(6-8)11-4-3-9(11)2/h8-11H,3-7H2,1-2H3,(H,14,15). The van der Waals surface area contributed by atoms with Crippen molar-refractivity contribution in [1.82, 2.24) is 4.90 Å². The highest BCUT2D eigenvalue weighted by Crippen LogP contribution is 2.35. The average molecular weight is 211 g/mol. The molecule has 0 radical (unpaired) electrons. The van der Waals surface area contributed by atoms with Gasteiger partial charge in [0, 0.05) is 19.1 Å². The molecule has 0 spiro atoms. The summed E-state index contributed by atoms with van der Waals surface area (Å²) in [6, 6.07) is 0.662. The molecule has 2 rings (SSSR count). The number of carbonyl (C=O) groups is 1. The Morgan fingerprint density at radius 1 is 1.27 bits per heavy atom. The van der Waals surface area contributed by atoms with Crippen molar-refractivity contribution >= 4 is 5.97 Å². The van der Waals surface area contributed by atoms with Crippen molar-refractivity contribution in [2.75, 3.05) is 13.1 Å². The van der Waals surface area contributed by atoms with Crippen LogP contribution >= 0.6 is 0 Å². The van der Waals surface area contributed by atoms with Gasteiger partial charge in [-0.05, 0) is 31.1 Å². The maximum atomic E-state index is 11.0. The molecule has 0 aromatic carbocycles. The number of piperidine rings is 1. The van der Waals surface area contributed by atoms with Gasteiger partial charge in [-0.2, -0.15) is 0 Å². The van der Waals surface area contributed by atoms with E-state index in [4.69, 9.17) is 5.11 Å². The highest BCUT2D eigenvalue weighted by Gasteiger charge is 2.38. The molecule has 86 valence electrons. The summed E-state index contributed by atoms with van der Waals surface area (Å²) in [7, 11) is 0. The van der Waals surface area contributed by atoms with Gasteiger partial charge in [-0.25, -0.2) is 0 Å². The molecule has 4 unspecified atom stereocenters. The molecule has 3 heteroatoms. The minimum atomic E-state index is -0.612. The monoisotopic (exact) mass is 211 g/mol. The Bertz CT molecular complexity index is 254. The number of aliphatic carboxylic acids is 1. The second kappa shape index (κ2) is 4.12. The van der Waals surface area contributed by atoms with Crippen molar-refractivity contribution in [2.45, 2.75) is 39.2 Å². The molecule has 0 aromatic heterocycles. The zero-order valence-corrected chi connectivity index (χ0v) is 9.65. The molecule has 1 N–H and O–H groups in total. The van der Waals surface area contributed by atoms with E-state index in [9.17, 15) is 4.79 Å². The molecular formula is C12H21NO2. The Morgan fingerprint density at radius 3 is 2.47 bits per heavy atom. The second-order valence-corrected chi connectivity index (χ2v) is 5.45. The summed E-state index contributed by atoms with van der Waals surface area (Å²) in [4.78, 5) is 13.4. The Hall–Kier alpha value is -0.570. The lowest BCUT2D eigenvalue weighted by Crippen LogP contribution is -2.53. The molecular weight excluding hydrogens is 190 g/mol. The van der Waals surface area contributed by atoms with Gasteiger partial charge in [0.05, 0.1) is 5.92 Å². The molecule has 4 atom stereocenters. The van der Waals surface area contributed by atoms with Gasteiger partial charge in [-0.1, -0.05) is 13.8 Å². The first kappa shape index (κ1) is 10.9. The lowest BCUT2D eigenvalue weighted by atomic mass is 9.77. The Balaban J connectivity index is 1.97. The molecule has 15 heavy (non-hydrogen) atoms. The lowest BCUT2D eigenvalue weighted by molar-refractivity contribution is -0.145. The van der Waals surface area contributed by atoms with Crippen LogP contribution in [0.5, 0.6) is 0 Å². The van der Waals surface area contributed by atoms with Crippen LogP contribution in [-0.2, 0) is 4.79 Å². The molecule has 3 nitrogen and oxygen atoms in total. The number of rotatable bonds is 2. The van der Waals surface area contributed by atoms with Gasteiger partial charge in [-0.15, -0.1) is 0 Å². The van der Waals surface area contributed by atoms with Crippen LogP contribution in [0, 0.1) is 17.8 Å². The molecule has 1 saturated heterocycles. The van der Waals surface area contributed by atoms with Crippen molar-refractivity contribution < 1.29 is 9.90 Å². The zero-order valence-electron chi connectivity index (χ0n) is 9.65. The largest absolute Gasteiger partial charge is 0.481 e. The average Bonchev–Trinajstić information content (AvgIpc) is 2.14.